The molecule has 0 radical (unpaired) electrons. The van der Waals surface area contributed by atoms with E-state index in [-0.39, 0.29) is 4.90 Å². The summed E-state index contributed by atoms with van der Waals surface area (Å²) in [6.45, 7) is 0. The zero-order valence-electron chi connectivity index (χ0n) is 6.47. The highest BCUT2D eigenvalue weighted by molar-refractivity contribution is 7.89. The third-order valence-electron chi connectivity index (χ3n) is 1.63. The fourth-order valence-electron chi connectivity index (χ4n) is 1.08. The third-order valence-corrected chi connectivity index (χ3v) is 3.59. The number of primary sulfonamides is 1. The second-order valence-electron chi connectivity index (χ2n) is 2.50. The van der Waals surface area contributed by atoms with Crippen molar-refractivity contribution in [2.24, 2.45) is 5.14 Å². The number of benzene rings is 1. The lowest BCUT2D eigenvalue weighted by Crippen LogP contribution is -2.11. The first-order valence-corrected chi connectivity index (χ1v) is 5.86. The Bertz CT molecular complexity index is 544. The molecule has 0 bridgehead atoms. The number of thiazole rings is 1. The van der Waals surface area contributed by atoms with E-state index in [1.807, 2.05) is 0 Å². The summed E-state index contributed by atoms with van der Waals surface area (Å²) in [4.78, 5) is 4.14. The van der Waals surface area contributed by atoms with Crippen LogP contribution in [0.1, 0.15) is 0 Å². The Morgan fingerprint density at radius 3 is 2.85 bits per heavy atom. The molecule has 0 aliphatic rings. The summed E-state index contributed by atoms with van der Waals surface area (Å²) in [5, 5.41) is 5.03. The van der Waals surface area contributed by atoms with Gasteiger partial charge in [0.2, 0.25) is 10.0 Å². The number of rotatable bonds is 1. The van der Waals surface area contributed by atoms with Gasteiger partial charge < -0.3 is 0 Å². The van der Waals surface area contributed by atoms with Crippen molar-refractivity contribution in [2.45, 2.75) is 4.90 Å². The normalized spacial score (nSPS) is 12.1. The molecule has 13 heavy (non-hydrogen) atoms. The Kier molecular flexibility index (Phi) is 1.83. The standard InChI is InChI=1S/C7H6N2O2S2/c8-13(10,11)6-3-1-2-5-7(6)12-4-9-5/h1-4H,(H2,8,10,11). The molecule has 2 rings (SSSR count). The van der Waals surface area contributed by atoms with E-state index >= 15 is 0 Å². The van der Waals surface area contributed by atoms with E-state index in [0.29, 0.717) is 10.2 Å². The van der Waals surface area contributed by atoms with Crippen LogP contribution in [0, 0.1) is 0 Å². The molecular weight excluding hydrogens is 208 g/mol. The Morgan fingerprint density at radius 1 is 1.38 bits per heavy atom. The van der Waals surface area contributed by atoms with Crippen LogP contribution in [0.5, 0.6) is 0 Å². The molecule has 1 heterocycles. The van der Waals surface area contributed by atoms with E-state index in [2.05, 4.69) is 4.98 Å². The van der Waals surface area contributed by atoms with Gasteiger partial charge >= 0.3 is 0 Å². The largest absolute Gasteiger partial charge is 0.245 e. The van der Waals surface area contributed by atoms with Crippen LogP contribution in [0.15, 0.2) is 28.6 Å². The third kappa shape index (κ3) is 1.43. The van der Waals surface area contributed by atoms with Crippen molar-refractivity contribution in [3.63, 3.8) is 0 Å². The average Bonchev–Trinajstić information content (AvgIpc) is 2.48. The molecule has 0 unspecified atom stereocenters. The van der Waals surface area contributed by atoms with Crippen molar-refractivity contribution in [1.82, 2.24) is 4.98 Å². The molecule has 0 saturated carbocycles. The summed E-state index contributed by atoms with van der Waals surface area (Å²) in [6.07, 6.45) is 0. The first-order valence-electron chi connectivity index (χ1n) is 3.44. The van der Waals surface area contributed by atoms with Gasteiger partial charge in [-0.3, -0.25) is 0 Å². The highest BCUT2D eigenvalue weighted by Gasteiger charge is 2.12. The van der Waals surface area contributed by atoms with Gasteiger partial charge in [-0.15, -0.1) is 11.3 Å². The lowest BCUT2D eigenvalue weighted by atomic mass is 10.3. The first-order chi connectivity index (χ1) is 6.09. The maximum Gasteiger partial charge on any atom is 0.239 e. The van der Waals surface area contributed by atoms with Gasteiger partial charge in [0, 0.05) is 0 Å². The van der Waals surface area contributed by atoms with Crippen LogP contribution >= 0.6 is 11.3 Å². The highest BCUT2D eigenvalue weighted by atomic mass is 32.2. The van der Waals surface area contributed by atoms with Gasteiger partial charge in [0.25, 0.3) is 0 Å². The van der Waals surface area contributed by atoms with Gasteiger partial charge in [-0.2, -0.15) is 0 Å². The Morgan fingerprint density at radius 2 is 2.15 bits per heavy atom. The SMILES string of the molecule is NS(=O)(=O)c1cccc2ncsc12. The van der Waals surface area contributed by atoms with E-state index in [4.69, 9.17) is 5.14 Å². The van der Waals surface area contributed by atoms with Crippen LogP contribution in [0.2, 0.25) is 0 Å². The summed E-state index contributed by atoms with van der Waals surface area (Å²) < 4.78 is 22.8. The number of hydrogen-bond acceptors (Lipinski definition) is 4. The molecule has 0 amide bonds. The molecular formula is C7H6N2O2S2. The second-order valence-corrected chi connectivity index (χ2v) is 4.89. The summed E-state index contributed by atoms with van der Waals surface area (Å²) in [7, 11) is -3.63. The Balaban J connectivity index is 2.91. The van der Waals surface area contributed by atoms with Gasteiger partial charge in [-0.25, -0.2) is 18.5 Å². The molecule has 0 aliphatic carbocycles. The van der Waals surface area contributed by atoms with Gasteiger partial charge in [-0.1, -0.05) is 6.07 Å². The van der Waals surface area contributed by atoms with Crippen LogP contribution in [0.4, 0.5) is 0 Å². The van der Waals surface area contributed by atoms with Crippen molar-refractivity contribution < 1.29 is 8.42 Å². The summed E-state index contributed by atoms with van der Waals surface area (Å²) in [5.74, 6) is 0. The van der Waals surface area contributed by atoms with Crippen LogP contribution in [-0.2, 0) is 10.0 Å². The minimum absolute atomic E-state index is 0.146. The fraction of sp³-hybridized carbons (Fsp3) is 0. The number of aromatic nitrogens is 1. The van der Waals surface area contributed by atoms with E-state index in [9.17, 15) is 8.42 Å². The quantitative estimate of drug-likeness (QED) is 0.767. The maximum absolute atomic E-state index is 11.1. The number of sulfonamides is 1. The molecule has 0 aliphatic heterocycles. The van der Waals surface area contributed by atoms with Crippen LogP contribution in [0.25, 0.3) is 10.2 Å². The van der Waals surface area contributed by atoms with E-state index in [1.165, 1.54) is 17.4 Å². The molecule has 0 spiro atoms. The van der Waals surface area contributed by atoms with E-state index in [0.717, 1.165) is 0 Å². The fourth-order valence-corrected chi connectivity index (χ4v) is 2.91. The van der Waals surface area contributed by atoms with Crippen molar-refractivity contribution in [2.75, 3.05) is 0 Å². The summed E-state index contributed by atoms with van der Waals surface area (Å²) >= 11 is 1.27. The van der Waals surface area contributed by atoms with Crippen molar-refractivity contribution >= 4 is 31.6 Å². The van der Waals surface area contributed by atoms with E-state index < -0.39 is 10.0 Å². The van der Waals surface area contributed by atoms with Crippen molar-refractivity contribution in [3.8, 4) is 0 Å². The minimum atomic E-state index is -3.63. The number of nitrogens with two attached hydrogens (primary N) is 1. The Labute approximate surface area is 79.1 Å². The summed E-state index contributed by atoms with van der Waals surface area (Å²) in [6, 6.07) is 4.86. The van der Waals surface area contributed by atoms with Gasteiger partial charge in [0.1, 0.15) is 4.90 Å². The molecule has 1 aromatic carbocycles. The minimum Gasteiger partial charge on any atom is -0.245 e. The van der Waals surface area contributed by atoms with Crippen LogP contribution in [0.3, 0.4) is 0 Å². The molecule has 0 fully saturated rings. The zero-order valence-corrected chi connectivity index (χ0v) is 8.10. The first kappa shape index (κ1) is 8.61. The molecule has 4 nitrogen and oxygen atoms in total. The lowest BCUT2D eigenvalue weighted by Gasteiger charge is -1.97. The smallest absolute Gasteiger partial charge is 0.239 e. The molecule has 2 aromatic rings. The number of nitrogens with zero attached hydrogens (tertiary/aromatic N) is 1. The molecule has 6 heteroatoms. The zero-order chi connectivity index (χ0) is 9.47. The number of hydrogen-bond donors (Lipinski definition) is 1. The molecule has 0 atom stereocenters. The lowest BCUT2D eigenvalue weighted by molar-refractivity contribution is 0.599. The van der Waals surface area contributed by atoms with Crippen LogP contribution < -0.4 is 5.14 Å². The molecule has 68 valence electrons. The van der Waals surface area contributed by atoms with Crippen molar-refractivity contribution in [1.29, 1.82) is 0 Å². The molecule has 2 N–H and O–H groups in total. The van der Waals surface area contributed by atoms with E-state index in [1.54, 1.807) is 17.6 Å². The molecule has 1 aromatic heterocycles. The predicted molar refractivity (Wildman–Crippen MR) is 51.0 cm³/mol. The summed E-state index contributed by atoms with van der Waals surface area (Å²) in [5.41, 5.74) is 2.26. The Hall–Kier alpha value is -0.980. The van der Waals surface area contributed by atoms with Gasteiger partial charge in [0.15, 0.2) is 0 Å². The van der Waals surface area contributed by atoms with Crippen LogP contribution in [-0.4, -0.2) is 13.4 Å². The number of fused-ring (bicyclic) bond motifs is 1. The topological polar surface area (TPSA) is 73.1 Å². The second kappa shape index (κ2) is 2.76. The maximum atomic E-state index is 11.1. The van der Waals surface area contributed by atoms with Crippen molar-refractivity contribution in [3.05, 3.63) is 23.7 Å². The van der Waals surface area contributed by atoms with Gasteiger partial charge in [-0.05, 0) is 12.1 Å². The molecule has 0 saturated heterocycles. The monoisotopic (exact) mass is 214 g/mol. The predicted octanol–water partition coefficient (Wildman–Crippen LogP) is 0.944. The average molecular weight is 214 g/mol. The highest BCUT2D eigenvalue weighted by Crippen LogP contribution is 2.24. The van der Waals surface area contributed by atoms with Gasteiger partial charge in [0.05, 0.1) is 15.7 Å².